The largest absolute Gasteiger partial charge is 0.480 e. The van der Waals surface area contributed by atoms with Crippen molar-refractivity contribution in [1.29, 1.82) is 0 Å². The topological polar surface area (TPSA) is 43.8 Å². The lowest BCUT2D eigenvalue weighted by Gasteiger charge is -2.44. The van der Waals surface area contributed by atoms with Crippen molar-refractivity contribution < 1.29 is 9.90 Å². The zero-order valence-corrected chi connectivity index (χ0v) is 10.3. The van der Waals surface area contributed by atoms with Crippen molar-refractivity contribution >= 4 is 5.97 Å². The van der Waals surface area contributed by atoms with Crippen molar-refractivity contribution in [2.24, 2.45) is 5.92 Å². The van der Waals surface area contributed by atoms with E-state index in [1.807, 2.05) is 0 Å². The Morgan fingerprint density at radius 3 is 2.71 bits per heavy atom. The average molecular weight is 238 g/mol. The Labute approximate surface area is 103 Å². The van der Waals surface area contributed by atoms with Crippen LogP contribution in [-0.2, 0) is 4.79 Å². The van der Waals surface area contributed by atoms with Crippen LogP contribution in [0.5, 0.6) is 0 Å². The van der Waals surface area contributed by atoms with Gasteiger partial charge in [-0.25, -0.2) is 0 Å². The number of hydrogen-bond donors (Lipinski definition) is 1. The molecule has 4 heteroatoms. The molecular weight excluding hydrogens is 216 g/mol. The molecule has 1 N–H and O–H groups in total. The first-order valence-corrected chi connectivity index (χ1v) is 6.96. The van der Waals surface area contributed by atoms with Crippen LogP contribution in [0.3, 0.4) is 0 Å². The SMILES string of the molecule is O=C(O)C1CCCCN1C1CCN2CCC1C2. The quantitative estimate of drug-likeness (QED) is 0.780. The van der Waals surface area contributed by atoms with E-state index in [4.69, 9.17) is 0 Å². The highest BCUT2D eigenvalue weighted by Gasteiger charge is 2.41. The van der Waals surface area contributed by atoms with E-state index in [-0.39, 0.29) is 6.04 Å². The smallest absolute Gasteiger partial charge is 0.320 e. The van der Waals surface area contributed by atoms with E-state index in [0.29, 0.717) is 6.04 Å². The zero-order chi connectivity index (χ0) is 11.8. The first kappa shape index (κ1) is 11.5. The summed E-state index contributed by atoms with van der Waals surface area (Å²) in [5, 5.41) is 9.36. The molecule has 0 amide bonds. The summed E-state index contributed by atoms with van der Waals surface area (Å²) in [6, 6.07) is 0.330. The highest BCUT2D eigenvalue weighted by Crippen LogP contribution is 2.34. The van der Waals surface area contributed by atoms with E-state index in [9.17, 15) is 9.90 Å². The summed E-state index contributed by atoms with van der Waals surface area (Å²) in [4.78, 5) is 16.2. The van der Waals surface area contributed by atoms with E-state index < -0.39 is 5.97 Å². The van der Waals surface area contributed by atoms with Crippen LogP contribution in [-0.4, -0.2) is 59.1 Å². The second-order valence-corrected chi connectivity index (χ2v) is 5.79. The van der Waals surface area contributed by atoms with Gasteiger partial charge in [0, 0.05) is 12.6 Å². The Morgan fingerprint density at radius 2 is 1.88 bits per heavy atom. The molecule has 4 unspecified atom stereocenters. The normalized spacial score (nSPS) is 42.6. The Kier molecular flexibility index (Phi) is 3.09. The number of likely N-dealkylation sites (tertiary alicyclic amines) is 1. The van der Waals surface area contributed by atoms with E-state index in [2.05, 4.69) is 9.80 Å². The van der Waals surface area contributed by atoms with Gasteiger partial charge in [0.15, 0.2) is 0 Å². The van der Waals surface area contributed by atoms with Gasteiger partial charge in [-0.15, -0.1) is 0 Å². The Balaban J connectivity index is 1.74. The molecule has 0 aromatic heterocycles. The summed E-state index contributed by atoms with van der Waals surface area (Å²) in [6.07, 6.45) is 5.55. The van der Waals surface area contributed by atoms with Gasteiger partial charge in [-0.3, -0.25) is 9.69 Å². The van der Waals surface area contributed by atoms with Gasteiger partial charge in [-0.05, 0) is 51.2 Å². The Hall–Kier alpha value is -0.610. The summed E-state index contributed by atoms with van der Waals surface area (Å²) in [7, 11) is 0. The molecule has 0 radical (unpaired) electrons. The molecule has 3 aliphatic rings. The van der Waals surface area contributed by atoms with Gasteiger partial charge < -0.3 is 10.0 Å². The number of piperidine rings is 2. The summed E-state index contributed by atoms with van der Waals surface area (Å²) in [6.45, 7) is 4.60. The molecule has 4 atom stereocenters. The summed E-state index contributed by atoms with van der Waals surface area (Å²) >= 11 is 0. The molecule has 0 spiro atoms. The molecule has 4 nitrogen and oxygen atoms in total. The molecule has 0 aromatic carbocycles. The third kappa shape index (κ3) is 2.08. The fourth-order valence-electron chi connectivity index (χ4n) is 3.98. The third-order valence-corrected chi connectivity index (χ3v) is 4.85. The van der Waals surface area contributed by atoms with E-state index in [1.165, 1.54) is 38.9 Å². The van der Waals surface area contributed by atoms with Gasteiger partial charge in [-0.2, -0.15) is 0 Å². The first-order valence-electron chi connectivity index (χ1n) is 6.96. The zero-order valence-electron chi connectivity index (χ0n) is 10.3. The van der Waals surface area contributed by atoms with Gasteiger partial charge in [0.2, 0.25) is 0 Å². The van der Waals surface area contributed by atoms with Crippen LogP contribution < -0.4 is 0 Å². The number of rotatable bonds is 2. The Bertz CT molecular complexity index is 308. The van der Waals surface area contributed by atoms with E-state index in [0.717, 1.165) is 25.3 Å². The highest BCUT2D eigenvalue weighted by atomic mass is 16.4. The average Bonchev–Trinajstić information content (AvgIpc) is 2.71. The molecule has 3 rings (SSSR count). The van der Waals surface area contributed by atoms with Crippen molar-refractivity contribution in [3.8, 4) is 0 Å². The van der Waals surface area contributed by atoms with Gasteiger partial charge >= 0.3 is 5.97 Å². The number of carbonyl (C=O) groups is 1. The fourth-order valence-corrected chi connectivity index (χ4v) is 3.98. The molecule has 3 aliphatic heterocycles. The Morgan fingerprint density at radius 1 is 1.06 bits per heavy atom. The maximum absolute atomic E-state index is 11.4. The summed E-state index contributed by atoms with van der Waals surface area (Å²) < 4.78 is 0. The van der Waals surface area contributed by atoms with Crippen LogP contribution in [0, 0.1) is 5.92 Å². The van der Waals surface area contributed by atoms with E-state index >= 15 is 0 Å². The first-order chi connectivity index (χ1) is 8.25. The second kappa shape index (κ2) is 4.58. The molecule has 17 heavy (non-hydrogen) atoms. The lowest BCUT2D eigenvalue weighted by Crippen LogP contribution is -2.55. The maximum atomic E-state index is 11.4. The molecular formula is C13H22N2O2. The minimum Gasteiger partial charge on any atom is -0.480 e. The lowest BCUT2D eigenvalue weighted by molar-refractivity contribution is -0.146. The number of hydrogen-bond acceptors (Lipinski definition) is 3. The molecule has 0 aromatic rings. The predicted molar refractivity (Wildman–Crippen MR) is 64.9 cm³/mol. The molecule has 3 saturated heterocycles. The minimum atomic E-state index is -0.606. The summed E-state index contributed by atoms with van der Waals surface area (Å²) in [5.74, 6) is 0.119. The van der Waals surface area contributed by atoms with Crippen molar-refractivity contribution in [2.75, 3.05) is 26.2 Å². The van der Waals surface area contributed by atoms with Crippen LogP contribution in [0.1, 0.15) is 32.1 Å². The molecule has 3 fully saturated rings. The number of aliphatic carboxylic acids is 1. The lowest BCUT2D eigenvalue weighted by atomic mass is 9.89. The minimum absolute atomic E-state index is 0.208. The molecule has 2 bridgehead atoms. The fraction of sp³-hybridized carbons (Fsp3) is 0.923. The monoisotopic (exact) mass is 238 g/mol. The van der Waals surface area contributed by atoms with Crippen molar-refractivity contribution in [3.63, 3.8) is 0 Å². The molecule has 0 aliphatic carbocycles. The van der Waals surface area contributed by atoms with Crippen molar-refractivity contribution in [3.05, 3.63) is 0 Å². The molecule has 96 valence electrons. The maximum Gasteiger partial charge on any atom is 0.320 e. The van der Waals surface area contributed by atoms with Crippen molar-refractivity contribution in [2.45, 2.75) is 44.2 Å². The number of fused-ring (bicyclic) bond motifs is 2. The second-order valence-electron chi connectivity index (χ2n) is 5.79. The number of nitrogens with zero attached hydrogens (tertiary/aromatic N) is 2. The van der Waals surface area contributed by atoms with Crippen LogP contribution >= 0.6 is 0 Å². The molecule has 3 heterocycles. The van der Waals surface area contributed by atoms with E-state index in [1.54, 1.807) is 0 Å². The number of carboxylic acid groups (broad SMARTS) is 1. The van der Waals surface area contributed by atoms with Crippen LogP contribution in [0.4, 0.5) is 0 Å². The standard InChI is InChI=1S/C13H22N2O2/c16-13(17)12-3-1-2-6-15(12)11-5-8-14-7-4-10(11)9-14/h10-12H,1-9H2,(H,16,17). The highest BCUT2D eigenvalue weighted by molar-refractivity contribution is 5.73. The summed E-state index contributed by atoms with van der Waals surface area (Å²) in [5.41, 5.74) is 0. The third-order valence-electron chi connectivity index (χ3n) is 4.85. The van der Waals surface area contributed by atoms with Crippen LogP contribution in [0.2, 0.25) is 0 Å². The molecule has 0 saturated carbocycles. The van der Waals surface area contributed by atoms with Crippen molar-refractivity contribution in [1.82, 2.24) is 9.80 Å². The van der Waals surface area contributed by atoms with Gasteiger partial charge in [0.05, 0.1) is 0 Å². The van der Waals surface area contributed by atoms with Gasteiger partial charge in [-0.1, -0.05) is 6.42 Å². The van der Waals surface area contributed by atoms with Gasteiger partial charge in [0.1, 0.15) is 6.04 Å². The van der Waals surface area contributed by atoms with Crippen LogP contribution in [0.25, 0.3) is 0 Å². The van der Waals surface area contributed by atoms with Gasteiger partial charge in [0.25, 0.3) is 0 Å². The number of carboxylic acids is 1. The predicted octanol–water partition coefficient (Wildman–Crippen LogP) is 1.02. The van der Waals surface area contributed by atoms with Crippen LogP contribution in [0.15, 0.2) is 0 Å².